The van der Waals surface area contributed by atoms with Crippen molar-refractivity contribution in [3.05, 3.63) is 73.9 Å². The molecule has 2 aromatic rings. The highest BCUT2D eigenvalue weighted by atomic mass is 127. The van der Waals surface area contributed by atoms with Crippen LogP contribution in [0.2, 0.25) is 5.02 Å². The second-order valence-corrected chi connectivity index (χ2v) is 5.91. The number of nitrogens with zero attached hydrogens (tertiary/aromatic N) is 1. The summed E-state index contributed by atoms with van der Waals surface area (Å²) >= 11 is 8.26. The fourth-order valence-electron chi connectivity index (χ4n) is 1.90. The van der Waals surface area contributed by atoms with Crippen molar-refractivity contribution in [2.45, 2.75) is 0 Å². The minimum Gasteiger partial charge on any atom is -0.402 e. The summed E-state index contributed by atoms with van der Waals surface area (Å²) in [6, 6.07) is 14.9. The number of ether oxygens (including phenoxy) is 1. The summed E-state index contributed by atoms with van der Waals surface area (Å²) in [7, 11) is 0. The molecule has 0 radical (unpaired) electrons. The predicted octanol–water partition coefficient (Wildman–Crippen LogP) is 4.29. The molecule has 1 aliphatic heterocycles. The van der Waals surface area contributed by atoms with Gasteiger partial charge in [-0.2, -0.15) is 0 Å². The predicted molar refractivity (Wildman–Crippen MR) is 91.2 cm³/mol. The second-order valence-electron chi connectivity index (χ2n) is 4.34. The van der Waals surface area contributed by atoms with E-state index in [4.69, 9.17) is 16.3 Å². The van der Waals surface area contributed by atoms with E-state index in [1.54, 1.807) is 12.1 Å². The fourth-order valence-corrected chi connectivity index (χ4v) is 2.71. The molecule has 0 fully saturated rings. The van der Waals surface area contributed by atoms with E-state index in [1.165, 1.54) is 0 Å². The van der Waals surface area contributed by atoms with Crippen LogP contribution < -0.4 is 0 Å². The van der Waals surface area contributed by atoms with Gasteiger partial charge in [-0.3, -0.25) is 0 Å². The number of cyclic esters (lactones) is 1. The molecule has 1 heterocycles. The zero-order chi connectivity index (χ0) is 14.8. The fraction of sp³-hybridized carbons (Fsp3) is 0. The lowest BCUT2D eigenvalue weighted by atomic mass is 10.2. The second kappa shape index (κ2) is 5.99. The molecule has 0 aliphatic carbocycles. The van der Waals surface area contributed by atoms with E-state index in [1.807, 2.05) is 42.5 Å². The molecule has 2 aromatic carbocycles. The molecule has 0 atom stereocenters. The maximum Gasteiger partial charge on any atom is 0.363 e. The van der Waals surface area contributed by atoms with E-state index < -0.39 is 5.97 Å². The molecule has 3 rings (SSSR count). The smallest absolute Gasteiger partial charge is 0.363 e. The third kappa shape index (κ3) is 3.01. The zero-order valence-corrected chi connectivity index (χ0v) is 13.6. The number of carbonyl (C=O) groups is 1. The van der Waals surface area contributed by atoms with Crippen LogP contribution in [-0.4, -0.2) is 11.9 Å². The van der Waals surface area contributed by atoms with E-state index in [2.05, 4.69) is 27.6 Å². The summed E-state index contributed by atoms with van der Waals surface area (Å²) in [4.78, 5) is 16.2. The molecule has 21 heavy (non-hydrogen) atoms. The number of benzene rings is 2. The first-order valence-electron chi connectivity index (χ1n) is 6.17. The van der Waals surface area contributed by atoms with E-state index in [0.717, 1.165) is 14.7 Å². The Kier molecular flexibility index (Phi) is 4.07. The highest BCUT2D eigenvalue weighted by Gasteiger charge is 2.25. The molecule has 0 bridgehead atoms. The van der Waals surface area contributed by atoms with Crippen molar-refractivity contribution in [3.63, 3.8) is 0 Å². The summed E-state index contributed by atoms with van der Waals surface area (Å²) in [6.45, 7) is 0. The van der Waals surface area contributed by atoms with Gasteiger partial charge in [-0.25, -0.2) is 9.79 Å². The molecule has 104 valence electrons. The number of aliphatic imine (C=N–C) groups is 1. The monoisotopic (exact) mass is 409 g/mol. The first kappa shape index (κ1) is 14.3. The van der Waals surface area contributed by atoms with Gasteiger partial charge < -0.3 is 4.74 Å². The van der Waals surface area contributed by atoms with Gasteiger partial charge in [0.05, 0.1) is 5.56 Å². The molecule has 0 amide bonds. The molecule has 0 aromatic heterocycles. The Morgan fingerprint density at radius 1 is 1.10 bits per heavy atom. The topological polar surface area (TPSA) is 38.7 Å². The summed E-state index contributed by atoms with van der Waals surface area (Å²) in [5, 5.41) is 0.566. The number of esters is 1. The van der Waals surface area contributed by atoms with E-state index in [0.29, 0.717) is 10.9 Å². The lowest BCUT2D eigenvalue weighted by Crippen LogP contribution is -2.06. The summed E-state index contributed by atoms with van der Waals surface area (Å²) in [5.41, 5.74) is 1.78. The van der Waals surface area contributed by atoms with Crippen molar-refractivity contribution < 1.29 is 9.53 Å². The van der Waals surface area contributed by atoms with Crippen molar-refractivity contribution in [1.29, 1.82) is 0 Å². The van der Waals surface area contributed by atoms with Gasteiger partial charge in [0.2, 0.25) is 5.90 Å². The average Bonchev–Trinajstić information content (AvgIpc) is 2.83. The van der Waals surface area contributed by atoms with Crippen LogP contribution in [0.4, 0.5) is 0 Å². The van der Waals surface area contributed by atoms with Gasteiger partial charge >= 0.3 is 5.97 Å². The standard InChI is InChI=1S/C16H9ClINO2/c17-12-7-3-1-5-10(12)9-14-16(20)21-15(19-14)11-6-2-4-8-13(11)18/h1-9H. The maximum absolute atomic E-state index is 11.9. The van der Waals surface area contributed by atoms with Crippen LogP contribution in [0.15, 0.2) is 59.2 Å². The Balaban J connectivity index is 2.00. The normalized spacial score (nSPS) is 16.0. The van der Waals surface area contributed by atoms with Crippen LogP contribution in [0.3, 0.4) is 0 Å². The largest absolute Gasteiger partial charge is 0.402 e. The van der Waals surface area contributed by atoms with Gasteiger partial charge in [0.25, 0.3) is 0 Å². The minimum atomic E-state index is -0.468. The van der Waals surface area contributed by atoms with Crippen molar-refractivity contribution in [3.8, 4) is 0 Å². The molecule has 1 aliphatic rings. The Labute approximate surface area is 140 Å². The average molecular weight is 410 g/mol. The highest BCUT2D eigenvalue weighted by Crippen LogP contribution is 2.24. The van der Waals surface area contributed by atoms with Crippen molar-refractivity contribution in [2.24, 2.45) is 4.99 Å². The van der Waals surface area contributed by atoms with Crippen LogP contribution in [0.25, 0.3) is 6.08 Å². The summed E-state index contributed by atoms with van der Waals surface area (Å²) < 4.78 is 6.22. The molecule has 0 spiro atoms. The minimum absolute atomic E-state index is 0.248. The molecule has 3 nitrogen and oxygen atoms in total. The molecule has 0 unspecified atom stereocenters. The third-order valence-corrected chi connectivity index (χ3v) is 4.21. The summed E-state index contributed by atoms with van der Waals surface area (Å²) in [5.74, 6) is -0.145. The van der Waals surface area contributed by atoms with E-state index in [-0.39, 0.29) is 5.70 Å². The van der Waals surface area contributed by atoms with Crippen molar-refractivity contribution in [1.82, 2.24) is 0 Å². The number of rotatable bonds is 2. The van der Waals surface area contributed by atoms with E-state index in [9.17, 15) is 4.79 Å². The number of hydrogen-bond acceptors (Lipinski definition) is 3. The first-order valence-corrected chi connectivity index (χ1v) is 7.63. The van der Waals surface area contributed by atoms with Gasteiger partial charge in [-0.05, 0) is 52.4 Å². The highest BCUT2D eigenvalue weighted by molar-refractivity contribution is 14.1. The lowest BCUT2D eigenvalue weighted by Gasteiger charge is -2.01. The van der Waals surface area contributed by atoms with Gasteiger partial charge in [-0.1, -0.05) is 41.9 Å². The van der Waals surface area contributed by atoms with Gasteiger partial charge in [0.15, 0.2) is 5.70 Å². The molecule has 0 N–H and O–H groups in total. The van der Waals surface area contributed by atoms with Crippen LogP contribution in [-0.2, 0) is 9.53 Å². The Morgan fingerprint density at radius 2 is 1.81 bits per heavy atom. The van der Waals surface area contributed by atoms with Crippen LogP contribution in [0, 0.1) is 3.57 Å². The Hall–Kier alpha value is -1.66. The van der Waals surface area contributed by atoms with Crippen LogP contribution in [0.1, 0.15) is 11.1 Å². The number of carbonyl (C=O) groups excluding carboxylic acids is 1. The van der Waals surface area contributed by atoms with Gasteiger partial charge in [0, 0.05) is 8.59 Å². The third-order valence-electron chi connectivity index (χ3n) is 2.92. The SMILES string of the molecule is O=C1OC(c2ccccc2I)=NC1=Cc1ccccc1Cl. The number of halogens is 2. The van der Waals surface area contributed by atoms with Crippen LogP contribution in [0.5, 0.6) is 0 Å². The van der Waals surface area contributed by atoms with Crippen molar-refractivity contribution in [2.75, 3.05) is 0 Å². The zero-order valence-electron chi connectivity index (χ0n) is 10.7. The molecule has 0 saturated carbocycles. The molecule has 5 heteroatoms. The molecular weight excluding hydrogens is 401 g/mol. The van der Waals surface area contributed by atoms with Crippen LogP contribution >= 0.6 is 34.2 Å². The van der Waals surface area contributed by atoms with Gasteiger partial charge in [0.1, 0.15) is 0 Å². The molecule has 0 saturated heterocycles. The first-order chi connectivity index (χ1) is 10.1. The summed E-state index contributed by atoms with van der Waals surface area (Å²) in [6.07, 6.45) is 1.63. The van der Waals surface area contributed by atoms with Gasteiger partial charge in [-0.15, -0.1) is 0 Å². The molecular formula is C16H9ClINO2. The maximum atomic E-state index is 11.9. The van der Waals surface area contributed by atoms with Crippen molar-refractivity contribution >= 4 is 52.1 Å². The number of hydrogen-bond donors (Lipinski definition) is 0. The Morgan fingerprint density at radius 3 is 2.57 bits per heavy atom. The van der Waals surface area contributed by atoms with E-state index >= 15 is 0 Å². The Bertz CT molecular complexity index is 783. The lowest BCUT2D eigenvalue weighted by molar-refractivity contribution is -0.129. The quantitative estimate of drug-likeness (QED) is 0.422.